The molecule has 0 bridgehead atoms. The second-order valence-corrected chi connectivity index (χ2v) is 5.26. The first-order chi connectivity index (χ1) is 8.33. The van der Waals surface area contributed by atoms with Crippen LogP contribution in [0, 0.1) is 0 Å². The first kappa shape index (κ1) is 11.2. The van der Waals surface area contributed by atoms with Gasteiger partial charge in [-0.3, -0.25) is 4.90 Å². The van der Waals surface area contributed by atoms with Crippen molar-refractivity contribution in [3.63, 3.8) is 0 Å². The van der Waals surface area contributed by atoms with E-state index in [9.17, 15) is 0 Å². The number of piperazine rings is 1. The summed E-state index contributed by atoms with van der Waals surface area (Å²) in [5.41, 5.74) is 1.11. The van der Waals surface area contributed by atoms with Crippen molar-refractivity contribution in [1.29, 1.82) is 0 Å². The molecule has 0 aromatic carbocycles. The van der Waals surface area contributed by atoms with Crippen LogP contribution < -0.4 is 4.90 Å². The van der Waals surface area contributed by atoms with Gasteiger partial charge in [0.1, 0.15) is 0 Å². The van der Waals surface area contributed by atoms with E-state index in [4.69, 9.17) is 11.6 Å². The van der Waals surface area contributed by atoms with E-state index in [1.54, 1.807) is 0 Å². The fourth-order valence-corrected chi connectivity index (χ4v) is 3.05. The number of rotatable bonds is 1. The minimum atomic E-state index is 0.480. The summed E-state index contributed by atoms with van der Waals surface area (Å²) in [5, 5.41) is 8.20. The minimum Gasteiger partial charge on any atom is -0.367 e. The smallest absolute Gasteiger partial charge is 0.153 e. The number of nitrogens with zero attached hydrogens (tertiary/aromatic N) is 4. The molecule has 3 heterocycles. The molecule has 17 heavy (non-hydrogen) atoms. The van der Waals surface area contributed by atoms with Gasteiger partial charge in [0.25, 0.3) is 0 Å². The first-order valence-electron chi connectivity index (χ1n) is 6.30. The summed E-state index contributed by atoms with van der Waals surface area (Å²) in [6.45, 7) is 4.60. The lowest BCUT2D eigenvalue weighted by molar-refractivity contribution is 0.133. The summed E-state index contributed by atoms with van der Waals surface area (Å²) in [6.07, 6.45) is 5.86. The van der Waals surface area contributed by atoms with Gasteiger partial charge in [-0.15, -0.1) is 5.10 Å². The third kappa shape index (κ3) is 2.38. The molecule has 92 valence electrons. The average molecular weight is 253 g/mol. The summed E-state index contributed by atoms with van der Waals surface area (Å²) >= 11 is 5.89. The molecular formula is C12H17ClN4. The molecule has 0 amide bonds. The second-order valence-electron chi connectivity index (χ2n) is 4.87. The molecular weight excluding hydrogens is 236 g/mol. The van der Waals surface area contributed by atoms with Crippen molar-refractivity contribution in [2.75, 3.05) is 31.1 Å². The van der Waals surface area contributed by atoms with Crippen molar-refractivity contribution in [3.05, 3.63) is 17.4 Å². The highest BCUT2D eigenvalue weighted by molar-refractivity contribution is 6.29. The number of anilines is 1. The van der Waals surface area contributed by atoms with E-state index in [0.29, 0.717) is 11.2 Å². The normalized spacial score (nSPS) is 25.7. The molecule has 0 saturated carbocycles. The number of halogens is 1. The molecule has 2 aliphatic rings. The Morgan fingerprint density at radius 1 is 1.24 bits per heavy atom. The maximum atomic E-state index is 5.89. The van der Waals surface area contributed by atoms with Crippen LogP contribution in [0.15, 0.2) is 12.3 Å². The van der Waals surface area contributed by atoms with Gasteiger partial charge >= 0.3 is 0 Å². The lowest BCUT2D eigenvalue weighted by atomic mass is 9.99. The van der Waals surface area contributed by atoms with Gasteiger partial charge in [-0.1, -0.05) is 18.0 Å². The zero-order valence-corrected chi connectivity index (χ0v) is 10.6. The molecule has 0 N–H and O–H groups in total. The van der Waals surface area contributed by atoms with Crippen LogP contribution in [-0.4, -0.2) is 47.3 Å². The van der Waals surface area contributed by atoms with Crippen LogP contribution in [0.5, 0.6) is 0 Å². The van der Waals surface area contributed by atoms with Crippen LogP contribution in [0.2, 0.25) is 5.15 Å². The van der Waals surface area contributed by atoms with E-state index in [-0.39, 0.29) is 0 Å². The highest BCUT2D eigenvalue weighted by Gasteiger charge is 2.29. The quantitative estimate of drug-likeness (QED) is 0.763. The van der Waals surface area contributed by atoms with Crippen molar-refractivity contribution < 1.29 is 0 Å². The molecule has 5 heteroatoms. The fraction of sp³-hybridized carbons (Fsp3) is 0.667. The van der Waals surface area contributed by atoms with Crippen molar-refractivity contribution in [3.8, 4) is 0 Å². The molecule has 2 saturated heterocycles. The van der Waals surface area contributed by atoms with Crippen molar-refractivity contribution in [2.24, 2.45) is 0 Å². The summed E-state index contributed by atoms with van der Waals surface area (Å²) in [5.74, 6) is 0. The van der Waals surface area contributed by atoms with E-state index in [1.165, 1.54) is 25.8 Å². The van der Waals surface area contributed by atoms with Crippen molar-refractivity contribution in [1.82, 2.24) is 15.1 Å². The molecule has 4 nitrogen and oxygen atoms in total. The molecule has 1 aromatic heterocycles. The molecule has 1 aromatic rings. The number of hydrogen-bond donors (Lipinski definition) is 0. The van der Waals surface area contributed by atoms with Gasteiger partial charge in [0, 0.05) is 31.7 Å². The Morgan fingerprint density at radius 2 is 2.18 bits per heavy atom. The summed E-state index contributed by atoms with van der Waals surface area (Å²) in [7, 11) is 0. The molecule has 0 aliphatic carbocycles. The standard InChI is InChI=1S/C12H17ClN4/c13-12-7-11(8-14-15-12)17-6-5-16-4-2-1-3-10(16)9-17/h7-8,10H,1-6,9H2. The predicted molar refractivity (Wildman–Crippen MR) is 68.5 cm³/mol. The molecule has 0 spiro atoms. The highest BCUT2D eigenvalue weighted by Crippen LogP contribution is 2.25. The topological polar surface area (TPSA) is 32.3 Å². The Balaban J connectivity index is 1.73. The number of aromatic nitrogens is 2. The van der Waals surface area contributed by atoms with Crippen LogP contribution in [-0.2, 0) is 0 Å². The average Bonchev–Trinajstić information content (AvgIpc) is 2.38. The number of piperidine rings is 1. The zero-order chi connectivity index (χ0) is 11.7. The maximum Gasteiger partial charge on any atom is 0.153 e. The minimum absolute atomic E-state index is 0.480. The first-order valence-corrected chi connectivity index (χ1v) is 6.68. The van der Waals surface area contributed by atoms with E-state index in [1.807, 2.05) is 12.3 Å². The van der Waals surface area contributed by atoms with Crippen LogP contribution in [0.25, 0.3) is 0 Å². The number of fused-ring (bicyclic) bond motifs is 1. The van der Waals surface area contributed by atoms with Gasteiger partial charge in [-0.25, -0.2) is 0 Å². The molecule has 1 unspecified atom stereocenters. The summed E-state index contributed by atoms with van der Waals surface area (Å²) in [6, 6.07) is 2.62. The molecule has 0 radical (unpaired) electrons. The van der Waals surface area contributed by atoms with Gasteiger partial charge in [0.05, 0.1) is 11.9 Å². The summed E-state index contributed by atoms with van der Waals surface area (Å²) < 4.78 is 0. The highest BCUT2D eigenvalue weighted by atomic mass is 35.5. The van der Waals surface area contributed by atoms with E-state index in [0.717, 1.165) is 25.3 Å². The monoisotopic (exact) mass is 252 g/mol. The number of hydrogen-bond acceptors (Lipinski definition) is 4. The summed E-state index contributed by atoms with van der Waals surface area (Å²) in [4.78, 5) is 5.00. The van der Waals surface area contributed by atoms with Gasteiger partial charge < -0.3 is 4.90 Å². The molecule has 2 fully saturated rings. The van der Waals surface area contributed by atoms with Gasteiger partial charge in [0.2, 0.25) is 0 Å². The Hall–Kier alpha value is -0.870. The lowest BCUT2D eigenvalue weighted by Crippen LogP contribution is -2.54. The SMILES string of the molecule is Clc1cc(N2CCN3CCCCC3C2)cnn1. The maximum absolute atomic E-state index is 5.89. The Morgan fingerprint density at radius 3 is 3.06 bits per heavy atom. The Kier molecular flexibility index (Phi) is 3.16. The molecule has 3 rings (SSSR count). The van der Waals surface area contributed by atoms with E-state index >= 15 is 0 Å². The second kappa shape index (κ2) is 4.78. The predicted octanol–water partition coefficient (Wildman–Crippen LogP) is 1.80. The third-order valence-electron chi connectivity index (χ3n) is 3.81. The van der Waals surface area contributed by atoms with Crippen LogP contribution in [0.1, 0.15) is 19.3 Å². The van der Waals surface area contributed by atoms with Gasteiger partial charge in [-0.2, -0.15) is 5.10 Å². The van der Waals surface area contributed by atoms with Gasteiger partial charge in [0.15, 0.2) is 5.15 Å². The van der Waals surface area contributed by atoms with Crippen molar-refractivity contribution in [2.45, 2.75) is 25.3 Å². The van der Waals surface area contributed by atoms with E-state index < -0.39 is 0 Å². The van der Waals surface area contributed by atoms with Crippen molar-refractivity contribution >= 4 is 17.3 Å². The fourth-order valence-electron chi connectivity index (χ4n) is 2.89. The largest absolute Gasteiger partial charge is 0.367 e. The van der Waals surface area contributed by atoms with Crippen LogP contribution >= 0.6 is 11.6 Å². The lowest BCUT2D eigenvalue weighted by Gasteiger charge is -2.44. The van der Waals surface area contributed by atoms with Crippen LogP contribution in [0.3, 0.4) is 0 Å². The third-order valence-corrected chi connectivity index (χ3v) is 4.00. The molecule has 2 aliphatic heterocycles. The van der Waals surface area contributed by atoms with Crippen LogP contribution in [0.4, 0.5) is 5.69 Å². The Labute approximate surface area is 107 Å². The van der Waals surface area contributed by atoms with E-state index in [2.05, 4.69) is 20.0 Å². The van der Waals surface area contributed by atoms with Gasteiger partial charge in [-0.05, 0) is 19.4 Å². The molecule has 1 atom stereocenters. The zero-order valence-electron chi connectivity index (χ0n) is 9.85. The Bertz CT molecular complexity index is 398.